The molecule has 0 radical (unpaired) electrons. The second-order valence-corrected chi connectivity index (χ2v) is 5.87. The van der Waals surface area contributed by atoms with Gasteiger partial charge in [0.25, 0.3) is 0 Å². The molecule has 0 bridgehead atoms. The van der Waals surface area contributed by atoms with Crippen LogP contribution in [0.5, 0.6) is 0 Å². The molecule has 0 N–H and O–H groups in total. The summed E-state index contributed by atoms with van der Waals surface area (Å²) in [5.74, 6) is 2.03. The molecule has 0 amide bonds. The molecule has 15 heavy (non-hydrogen) atoms. The van der Waals surface area contributed by atoms with Crippen LogP contribution in [0.3, 0.4) is 0 Å². The van der Waals surface area contributed by atoms with E-state index in [0.29, 0.717) is 0 Å². The first-order valence-electron chi connectivity index (χ1n) is 6.61. The predicted molar refractivity (Wildman–Crippen MR) is 65.0 cm³/mol. The first kappa shape index (κ1) is 11.4. The lowest BCUT2D eigenvalue weighted by Crippen LogP contribution is -2.50. The summed E-state index contributed by atoms with van der Waals surface area (Å²) in [7, 11) is 0. The van der Waals surface area contributed by atoms with Crippen molar-refractivity contribution in [2.75, 3.05) is 32.7 Å². The molecule has 1 heterocycles. The quantitative estimate of drug-likeness (QED) is 0.703. The highest BCUT2D eigenvalue weighted by molar-refractivity contribution is 4.82. The van der Waals surface area contributed by atoms with Crippen molar-refractivity contribution < 1.29 is 0 Å². The maximum absolute atomic E-state index is 2.68. The number of hydrogen-bond acceptors (Lipinski definition) is 2. The Balaban J connectivity index is 1.65. The van der Waals surface area contributed by atoms with Gasteiger partial charge in [-0.1, -0.05) is 6.92 Å². The average Bonchev–Trinajstić information content (AvgIpc) is 2.16. The average molecular weight is 210 g/mol. The molecule has 2 rings (SSSR count). The molecule has 2 aliphatic rings. The normalized spacial score (nSPS) is 34.4. The molecule has 88 valence electrons. The molecular weight excluding hydrogens is 184 g/mol. The Hall–Kier alpha value is -0.0800. The van der Waals surface area contributed by atoms with Crippen LogP contribution in [0.25, 0.3) is 0 Å². The Bertz CT molecular complexity index is 189. The van der Waals surface area contributed by atoms with Crippen molar-refractivity contribution in [3.05, 3.63) is 0 Å². The van der Waals surface area contributed by atoms with Gasteiger partial charge in [-0.25, -0.2) is 0 Å². The Labute approximate surface area is 94.6 Å². The predicted octanol–water partition coefficient (Wildman–Crippen LogP) is 2.06. The summed E-state index contributed by atoms with van der Waals surface area (Å²) in [6.45, 7) is 13.5. The van der Waals surface area contributed by atoms with Gasteiger partial charge in [0, 0.05) is 38.8 Å². The van der Waals surface area contributed by atoms with Crippen molar-refractivity contribution in [2.24, 2.45) is 11.8 Å². The molecule has 2 heteroatoms. The Kier molecular flexibility index (Phi) is 3.68. The molecule has 1 saturated carbocycles. The van der Waals surface area contributed by atoms with Crippen molar-refractivity contribution in [1.29, 1.82) is 0 Å². The van der Waals surface area contributed by atoms with Crippen LogP contribution in [-0.2, 0) is 0 Å². The lowest BCUT2D eigenvalue weighted by Gasteiger charge is -2.41. The van der Waals surface area contributed by atoms with Crippen molar-refractivity contribution in [3.8, 4) is 0 Å². The first-order chi connectivity index (χ1) is 7.15. The van der Waals surface area contributed by atoms with Crippen LogP contribution in [-0.4, -0.2) is 48.6 Å². The topological polar surface area (TPSA) is 6.48 Å². The van der Waals surface area contributed by atoms with Gasteiger partial charge in [0.2, 0.25) is 0 Å². The van der Waals surface area contributed by atoms with Gasteiger partial charge in [-0.05, 0) is 38.5 Å². The van der Waals surface area contributed by atoms with Gasteiger partial charge in [-0.3, -0.25) is 4.90 Å². The molecule has 0 atom stereocenters. The molecular formula is C13H26N2. The minimum atomic E-state index is 0.732. The van der Waals surface area contributed by atoms with Gasteiger partial charge in [-0.15, -0.1) is 0 Å². The van der Waals surface area contributed by atoms with Gasteiger partial charge in [-0.2, -0.15) is 0 Å². The van der Waals surface area contributed by atoms with E-state index < -0.39 is 0 Å². The summed E-state index contributed by atoms with van der Waals surface area (Å²) in [5.41, 5.74) is 0. The number of piperazine rings is 1. The summed E-state index contributed by atoms with van der Waals surface area (Å²) in [5, 5.41) is 0. The molecule has 1 saturated heterocycles. The van der Waals surface area contributed by atoms with Crippen LogP contribution in [0.1, 0.15) is 33.6 Å². The summed E-state index contributed by atoms with van der Waals surface area (Å²) in [4.78, 5) is 5.27. The maximum Gasteiger partial charge on any atom is 0.0113 e. The van der Waals surface area contributed by atoms with Crippen LogP contribution in [0, 0.1) is 11.8 Å². The first-order valence-corrected chi connectivity index (χ1v) is 6.61. The van der Waals surface area contributed by atoms with E-state index in [1.807, 2.05) is 0 Å². The molecule has 0 aromatic rings. The summed E-state index contributed by atoms with van der Waals surface area (Å²) in [6, 6.07) is 0.732. The van der Waals surface area contributed by atoms with Crippen molar-refractivity contribution in [3.63, 3.8) is 0 Å². The van der Waals surface area contributed by atoms with Crippen LogP contribution < -0.4 is 0 Å². The molecule has 2 fully saturated rings. The minimum Gasteiger partial charge on any atom is -0.301 e. The van der Waals surface area contributed by atoms with Gasteiger partial charge in [0.15, 0.2) is 0 Å². The fraction of sp³-hybridized carbons (Fsp3) is 1.00. The highest BCUT2D eigenvalue weighted by Gasteiger charge is 2.28. The summed E-state index contributed by atoms with van der Waals surface area (Å²) < 4.78 is 0. The molecule has 1 aliphatic carbocycles. The van der Waals surface area contributed by atoms with E-state index in [1.165, 1.54) is 45.6 Å². The van der Waals surface area contributed by atoms with Crippen LogP contribution >= 0.6 is 0 Å². The smallest absolute Gasteiger partial charge is 0.0113 e. The zero-order valence-electron chi connectivity index (χ0n) is 10.6. The van der Waals surface area contributed by atoms with E-state index >= 15 is 0 Å². The van der Waals surface area contributed by atoms with Crippen molar-refractivity contribution in [1.82, 2.24) is 9.80 Å². The van der Waals surface area contributed by atoms with E-state index in [2.05, 4.69) is 30.6 Å². The van der Waals surface area contributed by atoms with Crippen molar-refractivity contribution >= 4 is 0 Å². The monoisotopic (exact) mass is 210 g/mol. The molecule has 0 aromatic heterocycles. The largest absolute Gasteiger partial charge is 0.301 e. The molecule has 2 nitrogen and oxygen atoms in total. The zero-order chi connectivity index (χ0) is 10.8. The fourth-order valence-corrected chi connectivity index (χ4v) is 3.05. The van der Waals surface area contributed by atoms with Crippen molar-refractivity contribution in [2.45, 2.75) is 39.7 Å². The molecule has 0 unspecified atom stereocenters. The third-order valence-corrected chi connectivity index (χ3v) is 4.12. The Morgan fingerprint density at radius 1 is 1.07 bits per heavy atom. The highest BCUT2D eigenvalue weighted by Crippen LogP contribution is 2.33. The van der Waals surface area contributed by atoms with Gasteiger partial charge in [0.1, 0.15) is 0 Å². The van der Waals surface area contributed by atoms with E-state index in [-0.39, 0.29) is 0 Å². The summed E-state index contributed by atoms with van der Waals surface area (Å²) >= 11 is 0. The second kappa shape index (κ2) is 4.84. The molecule has 0 spiro atoms. The Morgan fingerprint density at radius 3 is 2.13 bits per heavy atom. The second-order valence-electron chi connectivity index (χ2n) is 5.87. The number of nitrogens with zero attached hydrogens (tertiary/aromatic N) is 2. The van der Waals surface area contributed by atoms with E-state index in [1.54, 1.807) is 0 Å². The number of rotatable bonds is 3. The zero-order valence-corrected chi connectivity index (χ0v) is 10.6. The van der Waals surface area contributed by atoms with E-state index in [9.17, 15) is 0 Å². The standard InChI is InChI=1S/C13H26N2/c1-11(2)15-6-4-14(5-7-15)10-13-8-12(3)9-13/h11-13H,4-10H2,1-3H3. The van der Waals surface area contributed by atoms with Crippen LogP contribution in [0.4, 0.5) is 0 Å². The van der Waals surface area contributed by atoms with Crippen LogP contribution in [0.15, 0.2) is 0 Å². The van der Waals surface area contributed by atoms with Gasteiger partial charge >= 0.3 is 0 Å². The lowest BCUT2D eigenvalue weighted by atomic mass is 9.76. The third-order valence-electron chi connectivity index (χ3n) is 4.12. The molecule has 1 aliphatic heterocycles. The molecule has 0 aromatic carbocycles. The van der Waals surface area contributed by atoms with Crippen LogP contribution in [0.2, 0.25) is 0 Å². The van der Waals surface area contributed by atoms with Gasteiger partial charge in [0.05, 0.1) is 0 Å². The van der Waals surface area contributed by atoms with E-state index in [4.69, 9.17) is 0 Å². The maximum atomic E-state index is 2.68. The lowest BCUT2D eigenvalue weighted by molar-refractivity contribution is 0.0708. The summed E-state index contributed by atoms with van der Waals surface area (Å²) in [6.07, 6.45) is 2.95. The van der Waals surface area contributed by atoms with Gasteiger partial charge < -0.3 is 4.90 Å². The third kappa shape index (κ3) is 2.94. The fourth-order valence-electron chi connectivity index (χ4n) is 3.05. The Morgan fingerprint density at radius 2 is 1.67 bits per heavy atom. The van der Waals surface area contributed by atoms with E-state index in [0.717, 1.165) is 17.9 Å². The minimum absolute atomic E-state index is 0.732. The number of hydrogen-bond donors (Lipinski definition) is 0. The SMILES string of the molecule is CC1CC(CN2CCN(C(C)C)CC2)C1. The highest BCUT2D eigenvalue weighted by atomic mass is 15.3.